The van der Waals surface area contributed by atoms with E-state index in [4.69, 9.17) is 0 Å². The summed E-state index contributed by atoms with van der Waals surface area (Å²) >= 11 is 2.72. The van der Waals surface area contributed by atoms with E-state index in [1.807, 2.05) is 0 Å². The minimum Gasteiger partial charge on any atom is -0.326 e. The molecule has 0 aromatic heterocycles. The average Bonchev–Trinajstić information content (AvgIpc) is 1.98. The lowest BCUT2D eigenvalue weighted by atomic mass is 10.3. The van der Waals surface area contributed by atoms with Gasteiger partial charge in [-0.1, -0.05) is 0 Å². The molecule has 0 radical (unpaired) electrons. The third-order valence-corrected chi connectivity index (χ3v) is 2.06. The van der Waals surface area contributed by atoms with Gasteiger partial charge in [0.1, 0.15) is 11.6 Å². The maximum Gasteiger partial charge on any atom is 0.221 e. The number of carbonyl (C=O) groups excluding carboxylic acids is 1. The first-order chi connectivity index (χ1) is 6.00. The molecule has 0 aliphatic heterocycles. The highest BCUT2D eigenvalue weighted by molar-refractivity contribution is 9.10. The molecule has 1 aromatic carbocycles. The normalized spacial score (nSPS) is 9.85. The lowest BCUT2D eigenvalue weighted by molar-refractivity contribution is -0.114. The molecule has 0 aliphatic rings. The summed E-state index contributed by atoms with van der Waals surface area (Å²) in [4.78, 5) is 10.6. The van der Waals surface area contributed by atoms with Crippen LogP contribution in [0.4, 0.5) is 14.5 Å². The van der Waals surface area contributed by atoms with E-state index in [2.05, 4.69) is 21.2 Å². The molecule has 13 heavy (non-hydrogen) atoms. The molecule has 1 rings (SSSR count). The highest BCUT2D eigenvalue weighted by atomic mass is 79.9. The summed E-state index contributed by atoms with van der Waals surface area (Å²) in [5.74, 6) is -1.87. The van der Waals surface area contributed by atoms with Gasteiger partial charge in [0.05, 0.1) is 4.47 Å². The second-order valence-corrected chi connectivity index (χ2v) is 3.23. The van der Waals surface area contributed by atoms with Crippen molar-refractivity contribution >= 4 is 27.5 Å². The quantitative estimate of drug-likeness (QED) is 0.763. The van der Waals surface area contributed by atoms with Gasteiger partial charge in [0.25, 0.3) is 0 Å². The van der Waals surface area contributed by atoms with E-state index < -0.39 is 11.6 Å². The standard InChI is InChI=1S/C8H6BrF2NO/c1-4(13)12-5-2-6(10)8(9)7(11)3-5/h2-3H,1H3,(H,12,13). The minimum absolute atomic E-state index is 0.103. The van der Waals surface area contributed by atoms with Crippen LogP contribution in [0, 0.1) is 11.6 Å². The van der Waals surface area contributed by atoms with Crippen LogP contribution in [0.2, 0.25) is 0 Å². The topological polar surface area (TPSA) is 29.1 Å². The zero-order chi connectivity index (χ0) is 10.0. The van der Waals surface area contributed by atoms with E-state index in [0.717, 1.165) is 12.1 Å². The number of carbonyl (C=O) groups is 1. The van der Waals surface area contributed by atoms with Crippen LogP contribution in [0.1, 0.15) is 6.92 Å². The largest absolute Gasteiger partial charge is 0.326 e. The lowest BCUT2D eigenvalue weighted by Crippen LogP contribution is -2.06. The summed E-state index contributed by atoms with van der Waals surface area (Å²) in [6.07, 6.45) is 0. The van der Waals surface area contributed by atoms with Crippen LogP contribution in [0.25, 0.3) is 0 Å². The first-order valence-electron chi connectivity index (χ1n) is 3.43. The van der Waals surface area contributed by atoms with Crippen molar-refractivity contribution in [1.29, 1.82) is 0 Å². The summed E-state index contributed by atoms with van der Waals surface area (Å²) in [6, 6.07) is 2.07. The van der Waals surface area contributed by atoms with Crippen LogP contribution in [-0.4, -0.2) is 5.91 Å². The molecule has 0 atom stereocenters. The number of amides is 1. The third kappa shape index (κ3) is 2.48. The summed E-state index contributed by atoms with van der Waals surface area (Å²) < 4.78 is 25.5. The van der Waals surface area contributed by atoms with E-state index in [9.17, 15) is 13.6 Å². The van der Waals surface area contributed by atoms with Gasteiger partial charge in [-0.2, -0.15) is 0 Å². The van der Waals surface area contributed by atoms with Gasteiger partial charge in [-0.3, -0.25) is 4.79 Å². The van der Waals surface area contributed by atoms with Crippen molar-refractivity contribution in [3.8, 4) is 0 Å². The van der Waals surface area contributed by atoms with Gasteiger partial charge in [-0.05, 0) is 28.1 Å². The number of anilines is 1. The van der Waals surface area contributed by atoms with Crippen LogP contribution < -0.4 is 5.32 Å². The van der Waals surface area contributed by atoms with Crippen molar-refractivity contribution in [2.45, 2.75) is 6.92 Å². The van der Waals surface area contributed by atoms with Crippen molar-refractivity contribution in [2.24, 2.45) is 0 Å². The number of hydrogen-bond acceptors (Lipinski definition) is 1. The number of nitrogens with one attached hydrogen (secondary N) is 1. The van der Waals surface area contributed by atoms with Crippen molar-refractivity contribution in [3.05, 3.63) is 28.2 Å². The van der Waals surface area contributed by atoms with Gasteiger partial charge in [-0.15, -0.1) is 0 Å². The molecule has 70 valence electrons. The van der Waals surface area contributed by atoms with Gasteiger partial charge in [-0.25, -0.2) is 8.78 Å². The molecule has 0 spiro atoms. The van der Waals surface area contributed by atoms with Gasteiger partial charge in [0, 0.05) is 12.6 Å². The van der Waals surface area contributed by atoms with Gasteiger partial charge in [0.2, 0.25) is 5.91 Å². The summed E-state index contributed by atoms with van der Waals surface area (Å²) in [7, 11) is 0. The smallest absolute Gasteiger partial charge is 0.221 e. The van der Waals surface area contributed by atoms with E-state index >= 15 is 0 Å². The molecule has 1 N–H and O–H groups in total. The van der Waals surface area contributed by atoms with Crippen LogP contribution in [0.5, 0.6) is 0 Å². The molecular formula is C8H6BrF2NO. The fourth-order valence-electron chi connectivity index (χ4n) is 0.831. The number of rotatable bonds is 1. The zero-order valence-electron chi connectivity index (χ0n) is 6.70. The van der Waals surface area contributed by atoms with Crippen molar-refractivity contribution in [2.75, 3.05) is 5.32 Å². The second-order valence-electron chi connectivity index (χ2n) is 2.44. The van der Waals surface area contributed by atoms with Crippen LogP contribution in [0.15, 0.2) is 16.6 Å². The highest BCUT2D eigenvalue weighted by Crippen LogP contribution is 2.23. The van der Waals surface area contributed by atoms with Gasteiger partial charge in [0.15, 0.2) is 0 Å². The molecule has 1 amide bonds. The fraction of sp³-hybridized carbons (Fsp3) is 0.125. The Morgan fingerprint density at radius 3 is 2.23 bits per heavy atom. The Hall–Kier alpha value is -0.970. The maximum absolute atomic E-state index is 12.9. The maximum atomic E-state index is 12.9. The predicted molar refractivity (Wildman–Crippen MR) is 48.4 cm³/mol. The monoisotopic (exact) mass is 249 g/mol. The Kier molecular flexibility index (Phi) is 2.98. The number of hydrogen-bond donors (Lipinski definition) is 1. The Morgan fingerprint density at radius 2 is 1.85 bits per heavy atom. The van der Waals surface area contributed by atoms with Crippen LogP contribution in [0.3, 0.4) is 0 Å². The summed E-state index contributed by atoms with van der Waals surface area (Å²) in [6.45, 7) is 1.26. The van der Waals surface area contributed by atoms with Crippen molar-refractivity contribution in [1.82, 2.24) is 0 Å². The third-order valence-electron chi connectivity index (χ3n) is 1.30. The lowest BCUT2D eigenvalue weighted by Gasteiger charge is -2.03. The first kappa shape index (κ1) is 10.1. The average molecular weight is 250 g/mol. The zero-order valence-corrected chi connectivity index (χ0v) is 8.28. The molecule has 0 saturated carbocycles. The molecule has 0 saturated heterocycles. The molecule has 0 fully saturated rings. The molecule has 0 aliphatic carbocycles. The molecule has 0 heterocycles. The molecular weight excluding hydrogens is 244 g/mol. The Morgan fingerprint density at radius 1 is 1.38 bits per heavy atom. The number of halogens is 3. The first-order valence-corrected chi connectivity index (χ1v) is 4.22. The Balaban J connectivity index is 3.06. The molecule has 0 unspecified atom stereocenters. The molecule has 1 aromatic rings. The SMILES string of the molecule is CC(=O)Nc1cc(F)c(Br)c(F)c1. The fourth-order valence-corrected chi connectivity index (χ4v) is 1.06. The minimum atomic E-state index is -0.747. The summed E-state index contributed by atoms with van der Waals surface area (Å²) in [5.41, 5.74) is 0.103. The Labute approximate surface area is 82.1 Å². The van der Waals surface area contributed by atoms with E-state index in [-0.39, 0.29) is 16.1 Å². The van der Waals surface area contributed by atoms with Gasteiger partial charge < -0.3 is 5.32 Å². The highest BCUT2D eigenvalue weighted by Gasteiger charge is 2.08. The van der Waals surface area contributed by atoms with Crippen LogP contribution >= 0.6 is 15.9 Å². The van der Waals surface area contributed by atoms with E-state index in [0.29, 0.717) is 0 Å². The van der Waals surface area contributed by atoms with E-state index in [1.165, 1.54) is 6.92 Å². The Bertz CT molecular complexity index is 331. The van der Waals surface area contributed by atoms with Crippen molar-refractivity contribution < 1.29 is 13.6 Å². The van der Waals surface area contributed by atoms with Crippen molar-refractivity contribution in [3.63, 3.8) is 0 Å². The van der Waals surface area contributed by atoms with Crippen LogP contribution in [-0.2, 0) is 4.79 Å². The second kappa shape index (κ2) is 3.83. The number of benzene rings is 1. The van der Waals surface area contributed by atoms with Gasteiger partial charge >= 0.3 is 0 Å². The summed E-state index contributed by atoms with van der Waals surface area (Å²) in [5, 5.41) is 2.27. The molecule has 5 heteroatoms. The van der Waals surface area contributed by atoms with E-state index in [1.54, 1.807) is 0 Å². The molecule has 2 nitrogen and oxygen atoms in total. The predicted octanol–water partition coefficient (Wildman–Crippen LogP) is 2.69. The molecule has 0 bridgehead atoms.